The van der Waals surface area contributed by atoms with E-state index >= 15 is 0 Å². The van der Waals surface area contributed by atoms with E-state index in [2.05, 4.69) is 41.0 Å². The van der Waals surface area contributed by atoms with E-state index in [1.165, 1.54) is 16.7 Å². The molecule has 212 valence electrons. The van der Waals surface area contributed by atoms with Gasteiger partial charge in [0.2, 0.25) is 0 Å². The van der Waals surface area contributed by atoms with Crippen LogP contribution in [0.1, 0.15) is 45.0 Å². The lowest BCUT2D eigenvalue weighted by molar-refractivity contribution is -0.753. The van der Waals surface area contributed by atoms with Crippen LogP contribution in [0, 0.1) is 5.41 Å². The van der Waals surface area contributed by atoms with Gasteiger partial charge in [-0.05, 0) is 67.8 Å². The minimum Gasteiger partial charge on any atom is -0.493 e. The molecule has 4 aromatic rings. The summed E-state index contributed by atoms with van der Waals surface area (Å²) in [5.41, 5.74) is 4.60. The van der Waals surface area contributed by atoms with E-state index in [0.29, 0.717) is 18.8 Å². The van der Waals surface area contributed by atoms with Crippen LogP contribution in [0.15, 0.2) is 103 Å². The van der Waals surface area contributed by atoms with Gasteiger partial charge in [-0.15, -0.1) is 0 Å². The first kappa shape index (κ1) is 29.3. The van der Waals surface area contributed by atoms with Crippen molar-refractivity contribution in [2.75, 3.05) is 11.9 Å². The number of nitrogens with zero attached hydrogens (tertiary/aromatic N) is 1. The number of nitrogens with one attached hydrogen (secondary N) is 2. The predicted octanol–water partition coefficient (Wildman–Crippen LogP) is 6.69. The molecule has 2 amide bonds. The van der Waals surface area contributed by atoms with Gasteiger partial charge in [0.15, 0.2) is 12.4 Å². The SMILES string of the molecule is CC(OC(=O)C(C)(C)C)[n+]1cccc(CNC(=O)Nc2ccc(OCCc3ccccc3-c3ccccc3)cc2)c1. The van der Waals surface area contributed by atoms with Crippen molar-refractivity contribution in [2.45, 2.75) is 46.9 Å². The van der Waals surface area contributed by atoms with Gasteiger partial charge in [-0.2, -0.15) is 4.57 Å². The second kappa shape index (κ2) is 13.6. The number of aromatic nitrogens is 1. The highest BCUT2D eigenvalue weighted by Gasteiger charge is 2.27. The van der Waals surface area contributed by atoms with Gasteiger partial charge in [0.05, 0.1) is 18.6 Å². The standard InChI is InChI=1S/C34H37N3O4/c1-25(41-32(38)34(2,3)4)37-21-10-11-26(24-37)23-35-33(39)36-29-16-18-30(19-17-29)40-22-20-28-14-8-9-15-31(28)27-12-6-5-7-13-27/h5-19,21,24-25H,20,22-23H2,1-4H3,(H-,35,36,39)/p+1. The quantitative estimate of drug-likeness (QED) is 0.170. The molecule has 0 fully saturated rings. The highest BCUT2D eigenvalue weighted by molar-refractivity contribution is 5.89. The lowest BCUT2D eigenvalue weighted by Crippen LogP contribution is -2.42. The Labute approximate surface area is 242 Å². The molecule has 0 saturated heterocycles. The number of anilines is 1. The third-order valence-corrected chi connectivity index (χ3v) is 6.50. The molecule has 1 atom stereocenters. The van der Waals surface area contributed by atoms with E-state index in [-0.39, 0.29) is 12.0 Å². The minimum absolute atomic E-state index is 0.273. The normalized spacial score (nSPS) is 11.8. The molecular weight excluding hydrogens is 514 g/mol. The molecular formula is C34H38N3O4+. The van der Waals surface area contributed by atoms with Crippen molar-refractivity contribution >= 4 is 17.7 Å². The summed E-state index contributed by atoms with van der Waals surface area (Å²) < 4.78 is 13.3. The fourth-order valence-corrected chi connectivity index (χ4v) is 4.18. The van der Waals surface area contributed by atoms with Crippen molar-refractivity contribution in [1.29, 1.82) is 0 Å². The molecule has 2 N–H and O–H groups in total. The van der Waals surface area contributed by atoms with Crippen LogP contribution in [0.2, 0.25) is 0 Å². The Balaban J connectivity index is 1.24. The Kier molecular flexibility index (Phi) is 9.74. The summed E-state index contributed by atoms with van der Waals surface area (Å²) in [6.45, 7) is 8.13. The first-order chi connectivity index (χ1) is 19.7. The number of esters is 1. The number of pyridine rings is 1. The van der Waals surface area contributed by atoms with Crippen LogP contribution in [0.25, 0.3) is 11.1 Å². The molecule has 1 heterocycles. The first-order valence-electron chi connectivity index (χ1n) is 13.8. The minimum atomic E-state index is -0.578. The summed E-state index contributed by atoms with van der Waals surface area (Å²) >= 11 is 0. The highest BCUT2D eigenvalue weighted by atomic mass is 16.6. The second-order valence-corrected chi connectivity index (χ2v) is 10.9. The fourth-order valence-electron chi connectivity index (χ4n) is 4.18. The third-order valence-electron chi connectivity index (χ3n) is 6.50. The maximum atomic E-state index is 12.5. The molecule has 1 aromatic heterocycles. The zero-order valence-electron chi connectivity index (χ0n) is 24.1. The van der Waals surface area contributed by atoms with E-state index in [1.54, 1.807) is 4.57 Å². The Hall–Kier alpha value is -4.65. The van der Waals surface area contributed by atoms with Crippen LogP contribution in [-0.4, -0.2) is 18.6 Å². The van der Waals surface area contributed by atoms with Gasteiger partial charge >= 0.3 is 18.2 Å². The topological polar surface area (TPSA) is 80.5 Å². The Morgan fingerprint density at radius 1 is 0.878 bits per heavy atom. The molecule has 0 aliphatic heterocycles. The molecule has 41 heavy (non-hydrogen) atoms. The largest absolute Gasteiger partial charge is 0.493 e. The number of hydrogen-bond donors (Lipinski definition) is 2. The summed E-state index contributed by atoms with van der Waals surface area (Å²) in [5, 5.41) is 5.71. The van der Waals surface area contributed by atoms with E-state index in [0.717, 1.165) is 17.7 Å². The van der Waals surface area contributed by atoms with Gasteiger partial charge in [-0.25, -0.2) is 4.79 Å². The molecule has 0 saturated carbocycles. The van der Waals surface area contributed by atoms with Crippen molar-refractivity contribution in [3.05, 3.63) is 115 Å². The van der Waals surface area contributed by atoms with Crippen molar-refractivity contribution in [1.82, 2.24) is 5.32 Å². The Morgan fingerprint density at radius 3 is 2.32 bits per heavy atom. The number of amides is 2. The van der Waals surface area contributed by atoms with Crippen molar-refractivity contribution in [3.8, 4) is 16.9 Å². The molecule has 0 radical (unpaired) electrons. The summed E-state index contributed by atoms with van der Waals surface area (Å²) in [6.07, 6.45) is 4.00. The molecule has 1 unspecified atom stereocenters. The van der Waals surface area contributed by atoms with Crippen LogP contribution in [0.4, 0.5) is 10.5 Å². The van der Waals surface area contributed by atoms with Crippen LogP contribution >= 0.6 is 0 Å². The Morgan fingerprint density at radius 2 is 1.59 bits per heavy atom. The predicted molar refractivity (Wildman–Crippen MR) is 160 cm³/mol. The molecule has 7 heteroatoms. The number of ether oxygens (including phenoxy) is 2. The van der Waals surface area contributed by atoms with Crippen LogP contribution in [0.5, 0.6) is 5.75 Å². The zero-order valence-corrected chi connectivity index (χ0v) is 24.1. The summed E-state index contributed by atoms with van der Waals surface area (Å²) in [5.74, 6) is 0.466. The maximum absolute atomic E-state index is 12.5. The van der Waals surface area contributed by atoms with Gasteiger partial charge < -0.3 is 20.1 Å². The summed E-state index contributed by atoms with van der Waals surface area (Å²) in [4.78, 5) is 24.7. The number of benzene rings is 3. The number of urea groups is 1. The fraction of sp³-hybridized carbons (Fsp3) is 0.265. The Bertz CT molecular complexity index is 1450. The summed E-state index contributed by atoms with van der Waals surface area (Å²) in [7, 11) is 0. The average molecular weight is 553 g/mol. The van der Waals surface area contributed by atoms with E-state index < -0.39 is 11.6 Å². The van der Waals surface area contributed by atoms with Gasteiger partial charge in [0, 0.05) is 30.7 Å². The molecule has 0 bridgehead atoms. The monoisotopic (exact) mass is 552 g/mol. The van der Waals surface area contributed by atoms with Crippen molar-refractivity contribution in [2.24, 2.45) is 5.41 Å². The lowest BCUT2D eigenvalue weighted by atomic mass is 9.97. The number of rotatable bonds is 10. The summed E-state index contributed by atoms with van der Waals surface area (Å²) in [6, 6.07) is 29.5. The first-order valence-corrected chi connectivity index (χ1v) is 13.8. The number of carbonyl (C=O) groups is 2. The van der Waals surface area contributed by atoms with Gasteiger partial charge in [0.25, 0.3) is 0 Å². The second-order valence-electron chi connectivity index (χ2n) is 10.9. The van der Waals surface area contributed by atoms with Crippen LogP contribution in [-0.2, 0) is 22.5 Å². The lowest BCUT2D eigenvalue weighted by Gasteiger charge is -2.18. The highest BCUT2D eigenvalue weighted by Crippen LogP contribution is 2.24. The van der Waals surface area contributed by atoms with Crippen LogP contribution in [0.3, 0.4) is 0 Å². The third kappa shape index (κ3) is 8.67. The molecule has 7 nitrogen and oxygen atoms in total. The van der Waals surface area contributed by atoms with Crippen molar-refractivity contribution in [3.63, 3.8) is 0 Å². The van der Waals surface area contributed by atoms with Crippen molar-refractivity contribution < 1.29 is 23.6 Å². The molecule has 0 aliphatic carbocycles. The number of carbonyl (C=O) groups excluding carboxylic acids is 2. The van der Waals surface area contributed by atoms with Gasteiger partial charge in [0.1, 0.15) is 5.75 Å². The smallest absolute Gasteiger partial charge is 0.319 e. The van der Waals surface area contributed by atoms with Crippen LogP contribution < -0.4 is 19.9 Å². The van der Waals surface area contributed by atoms with E-state index in [9.17, 15) is 9.59 Å². The molecule has 3 aromatic carbocycles. The van der Waals surface area contributed by atoms with E-state index in [1.807, 2.05) is 101 Å². The average Bonchev–Trinajstić information content (AvgIpc) is 2.97. The zero-order chi connectivity index (χ0) is 29.2. The molecule has 0 spiro atoms. The number of hydrogen-bond acceptors (Lipinski definition) is 4. The van der Waals surface area contributed by atoms with Gasteiger partial charge in [-0.1, -0.05) is 54.6 Å². The molecule has 0 aliphatic rings. The maximum Gasteiger partial charge on any atom is 0.319 e. The van der Waals surface area contributed by atoms with E-state index in [4.69, 9.17) is 9.47 Å². The molecule has 4 rings (SSSR count). The van der Waals surface area contributed by atoms with Gasteiger partial charge in [-0.3, -0.25) is 4.79 Å².